The smallest absolute Gasteiger partial charge is 0.303 e. The van der Waals surface area contributed by atoms with Gasteiger partial charge in [0.25, 0.3) is 5.91 Å². The molecule has 2 aromatic rings. The van der Waals surface area contributed by atoms with Gasteiger partial charge in [-0.1, -0.05) is 48.2 Å². The molecular formula is C20H15F2NO3S2. The third-order valence-corrected chi connectivity index (χ3v) is 5.46. The Labute approximate surface area is 169 Å². The first-order valence-electron chi connectivity index (χ1n) is 8.38. The lowest BCUT2D eigenvalue weighted by Gasteiger charge is -2.13. The normalized spacial score (nSPS) is 15.5. The fraction of sp³-hybridized carbons (Fsp3) is 0.150. The zero-order chi connectivity index (χ0) is 20.3. The minimum atomic E-state index is -0.926. The number of carboxylic acid groups (broad SMARTS) is 1. The lowest BCUT2D eigenvalue weighted by Crippen LogP contribution is -2.29. The van der Waals surface area contributed by atoms with Crippen LogP contribution < -0.4 is 0 Å². The number of carboxylic acids is 1. The van der Waals surface area contributed by atoms with Crippen molar-refractivity contribution in [1.29, 1.82) is 0 Å². The van der Waals surface area contributed by atoms with Crippen molar-refractivity contribution < 1.29 is 23.5 Å². The molecule has 0 aliphatic carbocycles. The zero-order valence-electron chi connectivity index (χ0n) is 14.5. The molecule has 28 heavy (non-hydrogen) atoms. The number of carbonyl (C=O) groups is 2. The molecule has 1 aliphatic heterocycles. The number of halogens is 2. The molecule has 0 spiro atoms. The number of amides is 1. The largest absolute Gasteiger partial charge is 0.481 e. The number of hydrogen-bond donors (Lipinski definition) is 1. The van der Waals surface area contributed by atoms with E-state index in [4.69, 9.17) is 17.3 Å². The Balaban J connectivity index is 1.80. The fourth-order valence-electron chi connectivity index (χ4n) is 2.72. The van der Waals surface area contributed by atoms with E-state index < -0.39 is 17.6 Å². The molecule has 0 unspecified atom stereocenters. The molecule has 1 fully saturated rings. The van der Waals surface area contributed by atoms with E-state index in [1.165, 1.54) is 11.0 Å². The zero-order valence-corrected chi connectivity index (χ0v) is 16.2. The maximum atomic E-state index is 13.5. The third-order valence-electron chi connectivity index (χ3n) is 4.08. The van der Waals surface area contributed by atoms with Crippen LogP contribution in [0.15, 0.2) is 47.4 Å². The van der Waals surface area contributed by atoms with E-state index in [1.807, 2.05) is 0 Å². The Hall–Kier alpha value is -2.58. The van der Waals surface area contributed by atoms with Crippen molar-refractivity contribution >= 4 is 46.3 Å². The van der Waals surface area contributed by atoms with Crippen molar-refractivity contribution in [2.75, 3.05) is 6.54 Å². The second-order valence-corrected chi connectivity index (χ2v) is 7.76. The Morgan fingerprint density at radius 3 is 2.61 bits per heavy atom. The summed E-state index contributed by atoms with van der Waals surface area (Å²) in [5, 5.41) is 8.72. The lowest BCUT2D eigenvalue weighted by atomic mass is 10.0. The predicted molar refractivity (Wildman–Crippen MR) is 109 cm³/mol. The van der Waals surface area contributed by atoms with Crippen LogP contribution in [0.2, 0.25) is 0 Å². The second-order valence-electron chi connectivity index (χ2n) is 6.08. The quantitative estimate of drug-likeness (QED) is 0.543. The van der Waals surface area contributed by atoms with Crippen LogP contribution >= 0.6 is 24.0 Å². The van der Waals surface area contributed by atoms with Gasteiger partial charge >= 0.3 is 5.97 Å². The van der Waals surface area contributed by atoms with E-state index >= 15 is 0 Å². The Morgan fingerprint density at radius 2 is 1.89 bits per heavy atom. The Kier molecular flexibility index (Phi) is 6.21. The highest BCUT2D eigenvalue weighted by atomic mass is 32.2. The highest BCUT2D eigenvalue weighted by molar-refractivity contribution is 8.26. The van der Waals surface area contributed by atoms with E-state index in [1.54, 1.807) is 30.3 Å². The van der Waals surface area contributed by atoms with E-state index in [-0.39, 0.29) is 18.9 Å². The van der Waals surface area contributed by atoms with Crippen molar-refractivity contribution in [1.82, 2.24) is 4.90 Å². The van der Waals surface area contributed by atoms with Gasteiger partial charge in [-0.25, -0.2) is 8.78 Å². The highest BCUT2D eigenvalue weighted by Gasteiger charge is 2.31. The van der Waals surface area contributed by atoms with Gasteiger partial charge in [0, 0.05) is 13.0 Å². The molecule has 8 heteroatoms. The molecule has 0 bridgehead atoms. The summed E-state index contributed by atoms with van der Waals surface area (Å²) < 4.78 is 27.0. The minimum Gasteiger partial charge on any atom is -0.481 e. The number of carbonyl (C=O) groups excluding carboxylic acids is 1. The SMILES string of the molecule is O=C(O)CCCN1C(=O)C(=Cc2cccc(-c3ccc(F)c(F)c3)c2)SC1=S. The average Bonchev–Trinajstić information content (AvgIpc) is 2.91. The highest BCUT2D eigenvalue weighted by Crippen LogP contribution is 2.33. The molecule has 0 atom stereocenters. The van der Waals surface area contributed by atoms with E-state index in [9.17, 15) is 18.4 Å². The van der Waals surface area contributed by atoms with E-state index in [2.05, 4.69) is 0 Å². The van der Waals surface area contributed by atoms with E-state index in [0.29, 0.717) is 32.3 Å². The molecular weight excluding hydrogens is 404 g/mol. The van der Waals surface area contributed by atoms with Gasteiger partial charge in [0.05, 0.1) is 4.91 Å². The number of nitrogens with zero attached hydrogens (tertiary/aromatic N) is 1. The van der Waals surface area contributed by atoms with Crippen LogP contribution in [0.4, 0.5) is 8.78 Å². The first kappa shape index (κ1) is 20.2. The van der Waals surface area contributed by atoms with E-state index in [0.717, 1.165) is 23.9 Å². The number of thioether (sulfide) groups is 1. The van der Waals surface area contributed by atoms with Gasteiger partial charge in [-0.05, 0) is 47.4 Å². The summed E-state index contributed by atoms with van der Waals surface area (Å²) in [6.07, 6.45) is 1.97. The summed E-state index contributed by atoms with van der Waals surface area (Å²) >= 11 is 6.37. The number of rotatable bonds is 6. The summed E-state index contributed by atoms with van der Waals surface area (Å²) in [6, 6.07) is 10.8. The minimum absolute atomic E-state index is 0.0353. The van der Waals surface area contributed by atoms with Crippen molar-refractivity contribution in [3.63, 3.8) is 0 Å². The molecule has 144 valence electrons. The average molecular weight is 419 g/mol. The van der Waals surface area contributed by atoms with Gasteiger partial charge in [0.15, 0.2) is 11.6 Å². The molecule has 0 radical (unpaired) electrons. The molecule has 1 aliphatic rings. The van der Waals surface area contributed by atoms with Gasteiger partial charge < -0.3 is 5.11 Å². The summed E-state index contributed by atoms with van der Waals surface area (Å²) in [5.41, 5.74) is 1.92. The molecule has 0 saturated carbocycles. The number of aliphatic carboxylic acids is 1. The van der Waals surface area contributed by atoms with Crippen LogP contribution in [-0.4, -0.2) is 32.7 Å². The molecule has 2 aromatic carbocycles. The topological polar surface area (TPSA) is 57.6 Å². The monoisotopic (exact) mass is 419 g/mol. The molecule has 4 nitrogen and oxygen atoms in total. The van der Waals surface area contributed by atoms with Crippen molar-refractivity contribution in [2.24, 2.45) is 0 Å². The molecule has 1 heterocycles. The summed E-state index contributed by atoms with van der Waals surface area (Å²) in [4.78, 5) is 25.0. The van der Waals surface area contributed by atoms with Crippen molar-refractivity contribution in [3.8, 4) is 11.1 Å². The molecule has 0 aromatic heterocycles. The summed E-state index contributed by atoms with van der Waals surface area (Å²) in [5.74, 6) is -3.02. The van der Waals surface area contributed by atoms with Gasteiger partial charge in [0.1, 0.15) is 4.32 Å². The first-order chi connectivity index (χ1) is 13.3. The Morgan fingerprint density at radius 1 is 1.14 bits per heavy atom. The van der Waals surface area contributed by atoms with Crippen LogP contribution in [0.3, 0.4) is 0 Å². The predicted octanol–water partition coefficient (Wildman–Crippen LogP) is 4.70. The van der Waals surface area contributed by atoms with Gasteiger partial charge in [-0.15, -0.1) is 0 Å². The molecule has 1 saturated heterocycles. The van der Waals surface area contributed by atoms with Crippen molar-refractivity contribution in [2.45, 2.75) is 12.8 Å². The number of hydrogen-bond acceptors (Lipinski definition) is 4. The van der Waals surface area contributed by atoms with Crippen LogP contribution in [0.1, 0.15) is 18.4 Å². The second kappa shape index (κ2) is 8.62. The number of benzene rings is 2. The third kappa shape index (κ3) is 4.63. The molecule has 3 rings (SSSR count). The van der Waals surface area contributed by atoms with Gasteiger partial charge in [0.2, 0.25) is 0 Å². The Bertz CT molecular complexity index is 991. The van der Waals surface area contributed by atoms with Crippen LogP contribution in [0.5, 0.6) is 0 Å². The van der Waals surface area contributed by atoms with Crippen LogP contribution in [0.25, 0.3) is 17.2 Å². The fourth-order valence-corrected chi connectivity index (χ4v) is 4.02. The standard InChI is InChI=1S/C20H15F2NO3S2/c21-15-7-6-14(11-16(15)22)13-4-1-3-12(9-13)10-17-19(26)23(20(27)28-17)8-2-5-18(24)25/h1,3-4,6-7,9-11H,2,5,8H2,(H,24,25). The van der Waals surface area contributed by atoms with Gasteiger partial charge in [-0.2, -0.15) is 0 Å². The lowest BCUT2D eigenvalue weighted by molar-refractivity contribution is -0.137. The van der Waals surface area contributed by atoms with Gasteiger partial charge in [-0.3, -0.25) is 14.5 Å². The van der Waals surface area contributed by atoms with Crippen LogP contribution in [0, 0.1) is 11.6 Å². The summed E-state index contributed by atoms with van der Waals surface area (Å²) in [7, 11) is 0. The maximum Gasteiger partial charge on any atom is 0.303 e. The maximum absolute atomic E-state index is 13.5. The van der Waals surface area contributed by atoms with Crippen LogP contribution in [-0.2, 0) is 9.59 Å². The first-order valence-corrected chi connectivity index (χ1v) is 9.60. The summed E-state index contributed by atoms with van der Waals surface area (Å²) in [6.45, 7) is 0.253. The molecule has 1 amide bonds. The number of thiocarbonyl (C=S) groups is 1. The molecule has 1 N–H and O–H groups in total. The van der Waals surface area contributed by atoms with Crippen molar-refractivity contribution in [3.05, 3.63) is 64.6 Å².